The number of benzene rings is 1. The zero-order valence-electron chi connectivity index (χ0n) is 17.0. The summed E-state index contributed by atoms with van der Waals surface area (Å²) in [7, 11) is 0. The van der Waals surface area contributed by atoms with Gasteiger partial charge >= 0.3 is 12.1 Å². The van der Waals surface area contributed by atoms with Crippen LogP contribution in [0.2, 0.25) is 5.15 Å². The summed E-state index contributed by atoms with van der Waals surface area (Å²) in [5, 5.41) is 9.20. The fourth-order valence-electron chi connectivity index (χ4n) is 3.74. The average Bonchev–Trinajstić information content (AvgIpc) is 2.89. The van der Waals surface area contributed by atoms with Crippen molar-refractivity contribution in [2.45, 2.75) is 32.4 Å². The van der Waals surface area contributed by atoms with Crippen molar-refractivity contribution in [3.8, 4) is 0 Å². The summed E-state index contributed by atoms with van der Waals surface area (Å²) in [6.07, 6.45) is -5.09. The lowest BCUT2D eigenvalue weighted by Gasteiger charge is -2.23. The van der Waals surface area contributed by atoms with Crippen LogP contribution in [0.3, 0.4) is 0 Å². The third kappa shape index (κ3) is 4.69. The van der Waals surface area contributed by atoms with Gasteiger partial charge in [0.15, 0.2) is 0 Å². The first-order chi connectivity index (χ1) is 14.9. The van der Waals surface area contributed by atoms with E-state index in [0.717, 1.165) is 11.6 Å². The Bertz CT molecular complexity index is 1060. The number of nitrogens with zero attached hydrogens (tertiary/aromatic N) is 2. The molecule has 0 aliphatic carbocycles. The number of hydrazine groups is 1. The van der Waals surface area contributed by atoms with E-state index in [9.17, 15) is 32.7 Å². The summed E-state index contributed by atoms with van der Waals surface area (Å²) in [6, 6.07) is 8.60. The van der Waals surface area contributed by atoms with E-state index >= 15 is 0 Å². The number of amides is 2. The molecule has 3 rings (SSSR count). The molecule has 1 aromatic carbocycles. The van der Waals surface area contributed by atoms with Gasteiger partial charge in [-0.2, -0.15) is 18.2 Å². The highest BCUT2D eigenvalue weighted by molar-refractivity contribution is 6.30. The molecule has 2 aromatic rings. The van der Waals surface area contributed by atoms with Crippen molar-refractivity contribution in [1.29, 1.82) is 0 Å². The molecule has 1 fully saturated rings. The van der Waals surface area contributed by atoms with Crippen molar-refractivity contribution in [3.63, 3.8) is 0 Å². The van der Waals surface area contributed by atoms with Gasteiger partial charge in [0.1, 0.15) is 11.0 Å². The van der Waals surface area contributed by atoms with E-state index in [1.807, 2.05) is 6.92 Å². The third-order valence-corrected chi connectivity index (χ3v) is 5.66. The van der Waals surface area contributed by atoms with Gasteiger partial charge in [-0.05, 0) is 24.6 Å². The molecule has 0 spiro atoms. The van der Waals surface area contributed by atoms with Gasteiger partial charge in [0.25, 0.3) is 11.8 Å². The number of carbonyl (C=O) groups excluding carboxylic acids is 2. The van der Waals surface area contributed by atoms with E-state index in [4.69, 9.17) is 11.6 Å². The van der Waals surface area contributed by atoms with Crippen LogP contribution in [0, 0.1) is 18.8 Å². The largest absolute Gasteiger partial charge is 0.481 e. The number of carboxylic acids is 1. The minimum Gasteiger partial charge on any atom is -0.481 e. The number of pyridine rings is 1. The van der Waals surface area contributed by atoms with E-state index < -0.39 is 52.4 Å². The molecule has 1 aliphatic heterocycles. The number of aromatic nitrogens is 1. The Kier molecular flexibility index (Phi) is 6.45. The van der Waals surface area contributed by atoms with E-state index in [-0.39, 0.29) is 12.2 Å². The first-order valence-electron chi connectivity index (χ1n) is 9.56. The number of anilines is 1. The molecule has 32 heavy (non-hydrogen) atoms. The number of aliphatic carboxylic acids is 1. The van der Waals surface area contributed by atoms with Crippen LogP contribution in [0.5, 0.6) is 0 Å². The SMILES string of the molecule is Cc1ccc(C(CC(=O)O)C2C(=O)N(Nc3ccc(C(F)(F)F)c(Cl)n3)C(=O)C2C)cc1. The van der Waals surface area contributed by atoms with Crippen LogP contribution in [0.15, 0.2) is 36.4 Å². The molecule has 1 aliphatic rings. The lowest BCUT2D eigenvalue weighted by Crippen LogP contribution is -2.37. The second-order valence-electron chi connectivity index (χ2n) is 7.59. The summed E-state index contributed by atoms with van der Waals surface area (Å²) in [5.41, 5.74) is 2.79. The van der Waals surface area contributed by atoms with Gasteiger partial charge in [0.05, 0.1) is 17.9 Å². The highest BCUT2D eigenvalue weighted by atomic mass is 35.5. The zero-order chi connectivity index (χ0) is 23.8. The van der Waals surface area contributed by atoms with Crippen LogP contribution < -0.4 is 5.43 Å². The van der Waals surface area contributed by atoms with Gasteiger partial charge in [0.2, 0.25) is 0 Å². The lowest BCUT2D eigenvalue weighted by atomic mass is 9.78. The Morgan fingerprint density at radius 3 is 2.34 bits per heavy atom. The summed E-state index contributed by atoms with van der Waals surface area (Å²) in [5.74, 6) is -5.36. The van der Waals surface area contributed by atoms with Crippen LogP contribution in [0.25, 0.3) is 0 Å². The Morgan fingerprint density at radius 2 is 1.81 bits per heavy atom. The van der Waals surface area contributed by atoms with Gasteiger partial charge in [-0.15, -0.1) is 0 Å². The van der Waals surface area contributed by atoms with Crippen LogP contribution in [0.1, 0.15) is 36.0 Å². The van der Waals surface area contributed by atoms with Crippen LogP contribution in [-0.2, 0) is 20.6 Å². The number of aryl methyl sites for hydroxylation is 1. The molecule has 2 heterocycles. The minimum absolute atomic E-state index is 0.234. The minimum atomic E-state index is -4.71. The van der Waals surface area contributed by atoms with E-state index in [0.29, 0.717) is 16.6 Å². The summed E-state index contributed by atoms with van der Waals surface area (Å²) in [6.45, 7) is 3.36. The van der Waals surface area contributed by atoms with Gasteiger partial charge in [-0.1, -0.05) is 48.4 Å². The highest BCUT2D eigenvalue weighted by Gasteiger charge is 2.50. The van der Waals surface area contributed by atoms with Crippen molar-refractivity contribution >= 4 is 35.2 Å². The Labute approximate surface area is 186 Å². The first-order valence-corrected chi connectivity index (χ1v) is 9.94. The maximum Gasteiger partial charge on any atom is 0.419 e. The van der Waals surface area contributed by atoms with Crippen molar-refractivity contribution in [2.75, 3.05) is 5.43 Å². The number of halogens is 4. The smallest absolute Gasteiger partial charge is 0.419 e. The molecule has 11 heteroatoms. The molecule has 2 N–H and O–H groups in total. The van der Waals surface area contributed by atoms with Crippen LogP contribution >= 0.6 is 11.6 Å². The molecule has 0 bridgehead atoms. The van der Waals surface area contributed by atoms with Crippen LogP contribution in [0.4, 0.5) is 19.0 Å². The number of hydrogen-bond donors (Lipinski definition) is 2. The summed E-state index contributed by atoms with van der Waals surface area (Å²) < 4.78 is 38.6. The fraction of sp³-hybridized carbons (Fsp3) is 0.333. The highest BCUT2D eigenvalue weighted by Crippen LogP contribution is 2.40. The van der Waals surface area contributed by atoms with Gasteiger partial charge < -0.3 is 5.11 Å². The molecule has 1 saturated heterocycles. The number of carbonyl (C=O) groups is 3. The maximum atomic E-state index is 13.1. The molecule has 2 amide bonds. The van der Waals surface area contributed by atoms with Crippen LogP contribution in [-0.4, -0.2) is 32.9 Å². The Hall–Kier alpha value is -3.14. The first kappa shape index (κ1) is 23.5. The summed E-state index contributed by atoms with van der Waals surface area (Å²) in [4.78, 5) is 40.9. The predicted octanol–water partition coefficient (Wildman–Crippen LogP) is 4.27. The van der Waals surface area contributed by atoms with Gasteiger partial charge in [-0.25, -0.2) is 4.98 Å². The van der Waals surface area contributed by atoms with Gasteiger partial charge in [0, 0.05) is 11.8 Å². The molecular weight excluding hydrogens is 451 g/mol. The third-order valence-electron chi connectivity index (χ3n) is 5.37. The zero-order valence-corrected chi connectivity index (χ0v) is 17.7. The molecule has 3 unspecified atom stereocenters. The normalized spacial score (nSPS) is 19.9. The average molecular weight is 470 g/mol. The number of alkyl halides is 3. The standard InChI is InChI=1S/C21H19ClF3N3O4/c1-10-3-5-12(6-4-10)13(9-16(29)30)17-11(2)19(31)28(20(17)32)27-15-8-7-14(18(22)26-15)21(23,24)25/h3-8,11,13,17H,9H2,1-2H3,(H,26,27)(H,29,30). The molecule has 170 valence electrons. The monoisotopic (exact) mass is 469 g/mol. The van der Waals surface area contributed by atoms with Crippen molar-refractivity contribution in [2.24, 2.45) is 11.8 Å². The van der Waals surface area contributed by atoms with E-state index in [2.05, 4.69) is 10.4 Å². The molecule has 1 aromatic heterocycles. The number of carboxylic acid groups (broad SMARTS) is 1. The number of rotatable bonds is 6. The quantitative estimate of drug-likeness (QED) is 0.484. The Morgan fingerprint density at radius 1 is 1.19 bits per heavy atom. The topological polar surface area (TPSA) is 99.6 Å². The molecular formula is C21H19ClF3N3O4. The maximum absolute atomic E-state index is 13.1. The molecule has 0 saturated carbocycles. The lowest BCUT2D eigenvalue weighted by molar-refractivity contribution is -0.140. The number of hydrogen-bond acceptors (Lipinski definition) is 5. The number of imide groups is 1. The molecule has 3 atom stereocenters. The molecule has 0 radical (unpaired) electrons. The fourth-order valence-corrected chi connectivity index (χ4v) is 4.00. The predicted molar refractivity (Wildman–Crippen MR) is 109 cm³/mol. The van der Waals surface area contributed by atoms with Crippen molar-refractivity contribution in [3.05, 3.63) is 58.2 Å². The van der Waals surface area contributed by atoms with E-state index in [1.54, 1.807) is 24.3 Å². The Balaban J connectivity index is 1.90. The summed E-state index contributed by atoms with van der Waals surface area (Å²) >= 11 is 5.61. The van der Waals surface area contributed by atoms with Crippen molar-refractivity contribution < 1.29 is 32.7 Å². The second kappa shape index (κ2) is 8.78. The van der Waals surface area contributed by atoms with Gasteiger partial charge in [-0.3, -0.25) is 19.8 Å². The van der Waals surface area contributed by atoms with E-state index in [1.165, 1.54) is 6.92 Å². The molecule has 7 nitrogen and oxygen atoms in total. The van der Waals surface area contributed by atoms with Crippen molar-refractivity contribution in [1.82, 2.24) is 9.99 Å². The second-order valence-corrected chi connectivity index (χ2v) is 7.94. The number of nitrogens with one attached hydrogen (secondary N) is 1.